The molecule has 1 aromatic heterocycles. The molecule has 2 aromatic carbocycles. The van der Waals surface area contributed by atoms with E-state index in [2.05, 4.69) is 9.88 Å². The number of phenols is 1. The van der Waals surface area contributed by atoms with E-state index in [0.717, 1.165) is 42.4 Å². The quantitative estimate of drug-likeness (QED) is 0.756. The third-order valence-electron chi connectivity index (χ3n) is 5.02. The van der Waals surface area contributed by atoms with Crippen LogP contribution < -0.4 is 0 Å². The van der Waals surface area contributed by atoms with Crippen LogP contribution in [0.15, 0.2) is 54.7 Å². The number of nitrogens with zero attached hydrogens (tertiary/aromatic N) is 2. The van der Waals surface area contributed by atoms with Gasteiger partial charge in [0.25, 0.3) is 0 Å². The van der Waals surface area contributed by atoms with Gasteiger partial charge in [-0.25, -0.2) is 4.39 Å². The summed E-state index contributed by atoms with van der Waals surface area (Å²) in [4.78, 5) is 6.72. The van der Waals surface area contributed by atoms with Crippen LogP contribution >= 0.6 is 0 Å². The fraction of sp³-hybridized carbons (Fsp3) is 0.286. The number of benzene rings is 2. The van der Waals surface area contributed by atoms with Crippen molar-refractivity contribution in [3.8, 4) is 5.75 Å². The first-order valence-electron chi connectivity index (χ1n) is 8.80. The molecule has 1 saturated heterocycles. The molecular formula is C21H21FN2O. The Bertz CT molecular complexity index is 873. The van der Waals surface area contributed by atoms with Crippen molar-refractivity contribution in [1.29, 1.82) is 0 Å². The molecule has 1 N–H and O–H groups in total. The predicted octanol–water partition coefficient (Wildman–Crippen LogP) is 4.65. The molecule has 1 aliphatic rings. The summed E-state index contributed by atoms with van der Waals surface area (Å²) in [5.74, 6) is -0.0245. The summed E-state index contributed by atoms with van der Waals surface area (Å²) in [7, 11) is 0. The molecule has 128 valence electrons. The molecule has 3 nitrogen and oxygen atoms in total. The van der Waals surface area contributed by atoms with E-state index >= 15 is 0 Å². The van der Waals surface area contributed by atoms with Crippen LogP contribution in [0.1, 0.15) is 36.4 Å². The number of rotatable bonds is 3. The summed E-state index contributed by atoms with van der Waals surface area (Å²) >= 11 is 0. The summed E-state index contributed by atoms with van der Waals surface area (Å²) in [5, 5.41) is 11.8. The molecule has 2 heterocycles. The topological polar surface area (TPSA) is 36.4 Å². The lowest BCUT2D eigenvalue weighted by Crippen LogP contribution is -2.34. The molecule has 25 heavy (non-hydrogen) atoms. The van der Waals surface area contributed by atoms with Crippen LogP contribution in [0.5, 0.6) is 5.75 Å². The average molecular weight is 336 g/mol. The molecule has 0 spiro atoms. The normalized spacial score (nSPS) is 16.8. The molecule has 4 heteroatoms. The van der Waals surface area contributed by atoms with Crippen LogP contribution in [-0.2, 0) is 0 Å². The number of hydrogen-bond donors (Lipinski definition) is 1. The van der Waals surface area contributed by atoms with Crippen LogP contribution in [0, 0.1) is 5.82 Å². The summed E-state index contributed by atoms with van der Waals surface area (Å²) < 4.78 is 13.4. The lowest BCUT2D eigenvalue weighted by molar-refractivity contribution is 0.185. The first-order valence-corrected chi connectivity index (χ1v) is 8.80. The third kappa shape index (κ3) is 3.10. The fourth-order valence-corrected chi connectivity index (χ4v) is 3.77. The Kier molecular flexibility index (Phi) is 4.36. The number of piperidine rings is 1. The highest BCUT2D eigenvalue weighted by Gasteiger charge is 2.27. The number of likely N-dealkylation sites (tertiary alicyclic amines) is 1. The van der Waals surface area contributed by atoms with Crippen molar-refractivity contribution in [1.82, 2.24) is 9.88 Å². The molecule has 0 amide bonds. The van der Waals surface area contributed by atoms with Gasteiger partial charge in [-0.2, -0.15) is 0 Å². The zero-order chi connectivity index (χ0) is 17.2. The Hall–Kier alpha value is -2.46. The number of aromatic hydroxyl groups is 1. The Morgan fingerprint density at radius 3 is 2.48 bits per heavy atom. The van der Waals surface area contributed by atoms with E-state index in [-0.39, 0.29) is 17.6 Å². The van der Waals surface area contributed by atoms with Crippen molar-refractivity contribution in [2.24, 2.45) is 0 Å². The minimum absolute atomic E-state index is 0.0905. The van der Waals surface area contributed by atoms with Crippen molar-refractivity contribution >= 4 is 10.9 Å². The number of pyridine rings is 1. The number of halogens is 1. The molecule has 1 atom stereocenters. The summed E-state index contributed by atoms with van der Waals surface area (Å²) in [6.45, 7) is 1.95. The van der Waals surface area contributed by atoms with E-state index in [1.54, 1.807) is 6.20 Å². The highest BCUT2D eigenvalue weighted by atomic mass is 19.1. The van der Waals surface area contributed by atoms with Gasteiger partial charge in [-0.3, -0.25) is 9.88 Å². The molecule has 0 saturated carbocycles. The zero-order valence-electron chi connectivity index (χ0n) is 14.0. The van der Waals surface area contributed by atoms with Crippen LogP contribution in [-0.4, -0.2) is 28.1 Å². The van der Waals surface area contributed by atoms with E-state index in [4.69, 9.17) is 0 Å². The van der Waals surface area contributed by atoms with Gasteiger partial charge in [-0.15, -0.1) is 0 Å². The Labute approximate surface area is 146 Å². The van der Waals surface area contributed by atoms with E-state index in [1.807, 2.05) is 36.4 Å². The number of phenolic OH excluding ortho intramolecular Hbond substituents is 1. The SMILES string of the molecule is Oc1c([C@@H](c2ccc(F)cc2)N2CCCCC2)ccc2cccnc12. The standard InChI is InChI=1S/C21H21FN2O/c22-17-9-6-16(7-10-17)20(24-13-2-1-3-14-24)18-11-8-15-5-4-12-23-19(15)21(18)25/h4-12,20,25H,1-3,13-14H2/t20-/m1/s1. The largest absolute Gasteiger partial charge is 0.505 e. The first kappa shape index (κ1) is 16.0. The van der Waals surface area contributed by atoms with Crippen LogP contribution in [0.4, 0.5) is 4.39 Å². The molecule has 4 rings (SSSR count). The van der Waals surface area contributed by atoms with Gasteiger partial charge in [-0.05, 0) is 49.7 Å². The van der Waals surface area contributed by atoms with Gasteiger partial charge in [0.15, 0.2) is 0 Å². The zero-order valence-corrected chi connectivity index (χ0v) is 14.0. The highest BCUT2D eigenvalue weighted by Crippen LogP contribution is 2.38. The minimum atomic E-state index is -0.245. The molecule has 0 unspecified atom stereocenters. The maximum absolute atomic E-state index is 13.4. The number of aromatic nitrogens is 1. The Morgan fingerprint density at radius 1 is 0.960 bits per heavy atom. The second kappa shape index (κ2) is 6.81. The van der Waals surface area contributed by atoms with Gasteiger partial charge in [0.05, 0.1) is 6.04 Å². The molecule has 3 aromatic rings. The van der Waals surface area contributed by atoms with Crippen molar-refractivity contribution in [3.05, 3.63) is 71.7 Å². The van der Waals surface area contributed by atoms with E-state index in [9.17, 15) is 9.50 Å². The third-order valence-corrected chi connectivity index (χ3v) is 5.02. The minimum Gasteiger partial charge on any atom is -0.505 e. The van der Waals surface area contributed by atoms with E-state index in [1.165, 1.54) is 18.6 Å². The monoisotopic (exact) mass is 336 g/mol. The van der Waals surface area contributed by atoms with Crippen molar-refractivity contribution < 1.29 is 9.50 Å². The van der Waals surface area contributed by atoms with E-state index in [0.29, 0.717) is 5.52 Å². The molecule has 1 fully saturated rings. The molecule has 1 aliphatic heterocycles. The summed E-state index contributed by atoms with van der Waals surface area (Å²) in [5.41, 5.74) is 2.44. The van der Waals surface area contributed by atoms with E-state index < -0.39 is 0 Å². The Morgan fingerprint density at radius 2 is 1.72 bits per heavy atom. The summed E-state index contributed by atoms with van der Waals surface area (Å²) in [6, 6.07) is 14.3. The fourth-order valence-electron chi connectivity index (χ4n) is 3.77. The highest BCUT2D eigenvalue weighted by molar-refractivity contribution is 5.85. The lowest BCUT2D eigenvalue weighted by Gasteiger charge is -2.35. The van der Waals surface area contributed by atoms with Crippen molar-refractivity contribution in [2.75, 3.05) is 13.1 Å². The lowest BCUT2D eigenvalue weighted by atomic mass is 9.93. The smallest absolute Gasteiger partial charge is 0.146 e. The predicted molar refractivity (Wildman–Crippen MR) is 97.1 cm³/mol. The number of hydrogen-bond acceptors (Lipinski definition) is 3. The Balaban J connectivity index is 1.85. The number of fused-ring (bicyclic) bond motifs is 1. The van der Waals surface area contributed by atoms with Gasteiger partial charge in [-0.1, -0.05) is 36.8 Å². The van der Waals surface area contributed by atoms with Gasteiger partial charge in [0, 0.05) is 17.1 Å². The second-order valence-corrected chi connectivity index (χ2v) is 6.63. The van der Waals surface area contributed by atoms with Crippen LogP contribution in [0.3, 0.4) is 0 Å². The molecular weight excluding hydrogens is 315 g/mol. The van der Waals surface area contributed by atoms with Gasteiger partial charge in [0.2, 0.25) is 0 Å². The van der Waals surface area contributed by atoms with Gasteiger partial charge in [0.1, 0.15) is 17.1 Å². The van der Waals surface area contributed by atoms with Gasteiger partial charge >= 0.3 is 0 Å². The summed E-state index contributed by atoms with van der Waals surface area (Å²) in [6.07, 6.45) is 5.21. The maximum atomic E-state index is 13.4. The van der Waals surface area contributed by atoms with Gasteiger partial charge < -0.3 is 5.11 Å². The first-order chi connectivity index (χ1) is 12.2. The average Bonchev–Trinajstić information content (AvgIpc) is 2.66. The second-order valence-electron chi connectivity index (χ2n) is 6.63. The molecule has 0 bridgehead atoms. The van der Waals surface area contributed by atoms with Crippen LogP contribution in [0.2, 0.25) is 0 Å². The molecule has 0 radical (unpaired) electrons. The molecule has 0 aliphatic carbocycles. The van der Waals surface area contributed by atoms with Crippen LogP contribution in [0.25, 0.3) is 10.9 Å². The van der Waals surface area contributed by atoms with Crippen molar-refractivity contribution in [3.63, 3.8) is 0 Å². The maximum Gasteiger partial charge on any atom is 0.146 e. The van der Waals surface area contributed by atoms with Crippen molar-refractivity contribution in [2.45, 2.75) is 25.3 Å².